The van der Waals surface area contributed by atoms with Gasteiger partial charge in [0.1, 0.15) is 0 Å². The highest BCUT2D eigenvalue weighted by molar-refractivity contribution is 5.05. The molecule has 1 aromatic rings. The lowest BCUT2D eigenvalue weighted by atomic mass is 9.96. The zero-order valence-corrected chi connectivity index (χ0v) is 9.36. The summed E-state index contributed by atoms with van der Waals surface area (Å²) < 4.78 is 5.09. The van der Waals surface area contributed by atoms with Crippen LogP contribution in [0.3, 0.4) is 0 Å². The fraction of sp³-hybridized carbons (Fsp3) is 0.667. The van der Waals surface area contributed by atoms with Gasteiger partial charge in [0.05, 0.1) is 12.5 Å². The van der Waals surface area contributed by atoms with Crippen LogP contribution in [0.2, 0.25) is 0 Å². The molecule has 2 rings (SSSR count). The van der Waals surface area contributed by atoms with Gasteiger partial charge in [-0.15, -0.1) is 0 Å². The average molecular weight is 208 g/mol. The molecule has 2 atom stereocenters. The topological polar surface area (TPSA) is 42.4 Å². The molecule has 1 saturated heterocycles. The first kappa shape index (κ1) is 10.7. The van der Waals surface area contributed by atoms with E-state index in [1.54, 1.807) is 6.26 Å². The van der Waals surface area contributed by atoms with E-state index in [0.29, 0.717) is 6.04 Å². The monoisotopic (exact) mass is 208 g/mol. The molecule has 3 heteroatoms. The van der Waals surface area contributed by atoms with Gasteiger partial charge in [-0.05, 0) is 32.4 Å². The Bertz CT molecular complexity index is 282. The number of likely N-dealkylation sites (tertiary alicyclic amines) is 1. The van der Waals surface area contributed by atoms with Crippen LogP contribution in [0.25, 0.3) is 0 Å². The van der Waals surface area contributed by atoms with Crippen molar-refractivity contribution in [2.75, 3.05) is 6.54 Å². The smallest absolute Gasteiger partial charge is 0.0947 e. The van der Waals surface area contributed by atoms with Gasteiger partial charge in [0.15, 0.2) is 0 Å². The van der Waals surface area contributed by atoms with E-state index in [2.05, 4.69) is 11.8 Å². The van der Waals surface area contributed by atoms with E-state index in [9.17, 15) is 0 Å². The third-order valence-corrected chi connectivity index (χ3v) is 3.24. The van der Waals surface area contributed by atoms with Crippen LogP contribution in [-0.4, -0.2) is 23.5 Å². The molecule has 1 aliphatic rings. The third-order valence-electron chi connectivity index (χ3n) is 3.24. The van der Waals surface area contributed by atoms with Crippen molar-refractivity contribution in [2.24, 2.45) is 5.73 Å². The molecule has 0 aromatic carbocycles. The van der Waals surface area contributed by atoms with Crippen molar-refractivity contribution in [3.8, 4) is 0 Å². The molecule has 1 fully saturated rings. The molecule has 84 valence electrons. The standard InChI is InChI=1S/C12H20N2O/c1-10(13)12-4-2-3-6-14(12)8-11-5-7-15-9-11/h5,7,9-10,12H,2-4,6,8,13H2,1H3. The minimum absolute atomic E-state index is 0.261. The molecule has 0 bridgehead atoms. The van der Waals surface area contributed by atoms with Gasteiger partial charge in [0.25, 0.3) is 0 Å². The highest BCUT2D eigenvalue weighted by atomic mass is 16.3. The minimum atomic E-state index is 0.261. The van der Waals surface area contributed by atoms with Crippen molar-refractivity contribution in [3.63, 3.8) is 0 Å². The lowest BCUT2D eigenvalue weighted by Crippen LogP contribution is -2.48. The number of hydrogen-bond acceptors (Lipinski definition) is 3. The minimum Gasteiger partial charge on any atom is -0.472 e. The predicted octanol–water partition coefficient (Wildman–Crippen LogP) is 1.98. The van der Waals surface area contributed by atoms with Crippen molar-refractivity contribution in [1.82, 2.24) is 4.90 Å². The van der Waals surface area contributed by atoms with Crippen LogP contribution < -0.4 is 5.73 Å². The lowest BCUT2D eigenvalue weighted by molar-refractivity contribution is 0.123. The van der Waals surface area contributed by atoms with Gasteiger partial charge in [-0.1, -0.05) is 6.42 Å². The summed E-state index contributed by atoms with van der Waals surface area (Å²) >= 11 is 0. The van der Waals surface area contributed by atoms with E-state index in [0.717, 1.165) is 13.1 Å². The van der Waals surface area contributed by atoms with Crippen LogP contribution in [0.15, 0.2) is 23.0 Å². The second-order valence-electron chi connectivity index (χ2n) is 4.52. The van der Waals surface area contributed by atoms with E-state index in [-0.39, 0.29) is 6.04 Å². The zero-order valence-electron chi connectivity index (χ0n) is 9.36. The highest BCUT2D eigenvalue weighted by Gasteiger charge is 2.25. The number of piperidine rings is 1. The summed E-state index contributed by atoms with van der Waals surface area (Å²) in [7, 11) is 0. The van der Waals surface area contributed by atoms with Gasteiger partial charge in [-0.25, -0.2) is 0 Å². The van der Waals surface area contributed by atoms with E-state index < -0.39 is 0 Å². The molecule has 0 spiro atoms. The van der Waals surface area contributed by atoms with Crippen molar-refractivity contribution >= 4 is 0 Å². The van der Waals surface area contributed by atoms with Gasteiger partial charge in [0, 0.05) is 24.2 Å². The molecule has 0 radical (unpaired) electrons. The maximum Gasteiger partial charge on any atom is 0.0947 e. The molecule has 3 nitrogen and oxygen atoms in total. The van der Waals surface area contributed by atoms with Gasteiger partial charge < -0.3 is 10.2 Å². The van der Waals surface area contributed by atoms with Crippen molar-refractivity contribution in [3.05, 3.63) is 24.2 Å². The molecular formula is C12H20N2O. The summed E-state index contributed by atoms with van der Waals surface area (Å²) in [6.45, 7) is 4.25. The van der Waals surface area contributed by atoms with Crippen LogP contribution >= 0.6 is 0 Å². The summed E-state index contributed by atoms with van der Waals surface area (Å²) in [5.74, 6) is 0. The van der Waals surface area contributed by atoms with E-state index in [4.69, 9.17) is 10.2 Å². The fourth-order valence-electron chi connectivity index (χ4n) is 2.43. The second kappa shape index (κ2) is 4.81. The molecule has 2 heterocycles. The Morgan fingerprint density at radius 2 is 2.47 bits per heavy atom. The molecule has 2 N–H and O–H groups in total. The van der Waals surface area contributed by atoms with Crippen LogP contribution in [0.4, 0.5) is 0 Å². The summed E-state index contributed by atoms with van der Waals surface area (Å²) in [4.78, 5) is 2.49. The SMILES string of the molecule is CC(N)C1CCCCN1Cc1ccoc1. The molecule has 0 aliphatic carbocycles. The van der Waals surface area contributed by atoms with Gasteiger partial charge in [-0.2, -0.15) is 0 Å². The van der Waals surface area contributed by atoms with Crippen molar-refractivity contribution in [2.45, 2.75) is 44.8 Å². The molecule has 0 saturated carbocycles. The van der Waals surface area contributed by atoms with Crippen molar-refractivity contribution in [1.29, 1.82) is 0 Å². The second-order valence-corrected chi connectivity index (χ2v) is 4.52. The van der Waals surface area contributed by atoms with Crippen LogP contribution in [0.5, 0.6) is 0 Å². The summed E-state index contributed by atoms with van der Waals surface area (Å²) in [6.07, 6.45) is 7.40. The van der Waals surface area contributed by atoms with E-state index in [1.807, 2.05) is 12.3 Å². The Kier molecular flexibility index (Phi) is 3.44. The molecule has 0 amide bonds. The first-order valence-corrected chi connectivity index (χ1v) is 5.78. The maximum atomic E-state index is 6.02. The number of nitrogens with two attached hydrogens (primary N) is 1. The lowest BCUT2D eigenvalue weighted by Gasteiger charge is -2.37. The molecule has 15 heavy (non-hydrogen) atoms. The zero-order chi connectivity index (χ0) is 10.7. The van der Waals surface area contributed by atoms with Crippen LogP contribution in [0.1, 0.15) is 31.7 Å². The quantitative estimate of drug-likeness (QED) is 0.826. The Hall–Kier alpha value is -0.800. The average Bonchev–Trinajstić information content (AvgIpc) is 2.71. The number of nitrogens with zero attached hydrogens (tertiary/aromatic N) is 1. The largest absolute Gasteiger partial charge is 0.472 e. The van der Waals surface area contributed by atoms with E-state index >= 15 is 0 Å². The number of rotatable bonds is 3. The normalized spacial score (nSPS) is 25.3. The Labute approximate surface area is 91.2 Å². The fourth-order valence-corrected chi connectivity index (χ4v) is 2.43. The predicted molar refractivity (Wildman–Crippen MR) is 60.4 cm³/mol. The maximum absolute atomic E-state index is 6.02. The molecular weight excluding hydrogens is 188 g/mol. The molecule has 1 aromatic heterocycles. The van der Waals surface area contributed by atoms with Gasteiger partial charge in [0.2, 0.25) is 0 Å². The molecule has 1 aliphatic heterocycles. The summed E-state index contributed by atoms with van der Waals surface area (Å²) in [6, 6.07) is 2.83. The number of furan rings is 1. The third kappa shape index (κ3) is 2.61. The van der Waals surface area contributed by atoms with Crippen LogP contribution in [0, 0.1) is 0 Å². The Balaban J connectivity index is 1.99. The molecule has 2 unspecified atom stereocenters. The van der Waals surface area contributed by atoms with Gasteiger partial charge in [-0.3, -0.25) is 4.90 Å². The first-order chi connectivity index (χ1) is 7.27. The van der Waals surface area contributed by atoms with E-state index in [1.165, 1.54) is 24.8 Å². The summed E-state index contributed by atoms with van der Waals surface area (Å²) in [5.41, 5.74) is 7.27. The Morgan fingerprint density at radius 1 is 1.60 bits per heavy atom. The van der Waals surface area contributed by atoms with Crippen molar-refractivity contribution < 1.29 is 4.42 Å². The number of hydrogen-bond donors (Lipinski definition) is 1. The highest BCUT2D eigenvalue weighted by Crippen LogP contribution is 2.21. The van der Waals surface area contributed by atoms with Gasteiger partial charge >= 0.3 is 0 Å². The first-order valence-electron chi connectivity index (χ1n) is 5.78. The van der Waals surface area contributed by atoms with Crippen LogP contribution in [-0.2, 0) is 6.54 Å². The summed E-state index contributed by atoms with van der Waals surface area (Å²) in [5, 5.41) is 0. The Morgan fingerprint density at radius 3 is 3.13 bits per heavy atom.